The van der Waals surface area contributed by atoms with Gasteiger partial charge in [-0.05, 0) is 51.5 Å². The van der Waals surface area contributed by atoms with E-state index in [1.54, 1.807) is 23.1 Å². The second kappa shape index (κ2) is 7.76. The number of aromatic nitrogens is 2. The predicted octanol–water partition coefficient (Wildman–Crippen LogP) is 4.53. The molecule has 2 aromatic heterocycles. The van der Waals surface area contributed by atoms with Crippen molar-refractivity contribution >= 4 is 49.9 Å². The van der Waals surface area contributed by atoms with Gasteiger partial charge >= 0.3 is 0 Å². The van der Waals surface area contributed by atoms with Crippen LogP contribution in [0.4, 0.5) is 0 Å². The third-order valence-electron chi connectivity index (χ3n) is 4.87. The molecular weight excluding hydrogens is 370 g/mol. The van der Waals surface area contributed by atoms with Gasteiger partial charge in [-0.2, -0.15) is 0 Å². The van der Waals surface area contributed by atoms with Crippen LogP contribution < -0.4 is 5.56 Å². The molecule has 0 spiro atoms. The number of rotatable bonds is 4. The zero-order valence-corrected chi connectivity index (χ0v) is 17.7. The van der Waals surface area contributed by atoms with Gasteiger partial charge in [-0.25, -0.2) is 4.98 Å². The highest BCUT2D eigenvalue weighted by atomic mass is 32.2. The maximum atomic E-state index is 12.7. The third kappa shape index (κ3) is 3.78. The summed E-state index contributed by atoms with van der Waals surface area (Å²) in [7, 11) is 0. The molecule has 0 aromatic carbocycles. The summed E-state index contributed by atoms with van der Waals surface area (Å²) < 4.78 is 0.861. The van der Waals surface area contributed by atoms with Crippen LogP contribution in [0.2, 0.25) is 0 Å². The zero-order chi connectivity index (χ0) is 18.1. The van der Waals surface area contributed by atoms with Crippen molar-refractivity contribution in [2.24, 2.45) is 5.92 Å². The first-order chi connectivity index (χ1) is 11.9. The molecule has 0 bridgehead atoms. The second-order valence-corrected chi connectivity index (χ2v) is 9.74. The van der Waals surface area contributed by atoms with E-state index >= 15 is 0 Å². The van der Waals surface area contributed by atoms with Crippen LogP contribution in [0.25, 0.3) is 10.2 Å². The molecule has 2 aromatic rings. The highest BCUT2D eigenvalue weighted by Crippen LogP contribution is 2.36. The number of thiophene rings is 1. The Bertz CT molecular complexity index is 838. The lowest BCUT2D eigenvalue weighted by atomic mass is 9.89. The fraction of sp³-hybridized carbons (Fsp3) is 0.611. The molecule has 25 heavy (non-hydrogen) atoms. The molecule has 1 aliphatic rings. The fourth-order valence-corrected chi connectivity index (χ4v) is 6.34. The summed E-state index contributed by atoms with van der Waals surface area (Å²) in [4.78, 5) is 24.9. The van der Waals surface area contributed by atoms with E-state index < -0.39 is 0 Å². The maximum Gasteiger partial charge on any atom is 0.259 e. The number of nitrogens with zero attached hydrogens (tertiary/aromatic N) is 2. The van der Waals surface area contributed by atoms with Gasteiger partial charge in [0, 0.05) is 18.0 Å². The van der Waals surface area contributed by atoms with Crippen LogP contribution in [-0.4, -0.2) is 32.3 Å². The molecule has 0 saturated carbocycles. The van der Waals surface area contributed by atoms with E-state index in [1.165, 1.54) is 10.4 Å². The van der Waals surface area contributed by atoms with Crippen molar-refractivity contribution in [3.63, 3.8) is 0 Å². The molecule has 0 unspecified atom stereocenters. The van der Waals surface area contributed by atoms with Crippen LogP contribution in [-0.2, 0) is 12.8 Å². The smallest absolute Gasteiger partial charge is 0.259 e. The van der Waals surface area contributed by atoms with E-state index in [0.717, 1.165) is 52.7 Å². The van der Waals surface area contributed by atoms with Gasteiger partial charge in [0.25, 0.3) is 5.56 Å². The Balaban J connectivity index is 1.91. The molecule has 2 heterocycles. The Morgan fingerprint density at radius 1 is 1.48 bits per heavy atom. The lowest BCUT2D eigenvalue weighted by molar-refractivity contribution is 0.482. The summed E-state index contributed by atoms with van der Waals surface area (Å²) in [6.07, 6.45) is 3.23. The second-order valence-electron chi connectivity index (χ2n) is 6.68. The van der Waals surface area contributed by atoms with Crippen molar-refractivity contribution in [2.45, 2.75) is 52.2 Å². The van der Waals surface area contributed by atoms with Crippen LogP contribution in [0.3, 0.4) is 0 Å². The van der Waals surface area contributed by atoms with Gasteiger partial charge in [-0.1, -0.05) is 30.9 Å². The monoisotopic (exact) mass is 395 g/mol. The number of fused-ring (bicyclic) bond motifs is 3. The molecule has 0 fully saturated rings. The van der Waals surface area contributed by atoms with Crippen LogP contribution in [0, 0.1) is 5.92 Å². The molecule has 2 atom stereocenters. The average Bonchev–Trinajstić information content (AvgIpc) is 2.93. The quantitative estimate of drug-likeness (QED) is 0.771. The first-order valence-electron chi connectivity index (χ1n) is 8.94. The number of thioether (sulfide) groups is 1. The van der Waals surface area contributed by atoms with E-state index in [9.17, 15) is 4.79 Å². The van der Waals surface area contributed by atoms with Crippen LogP contribution in [0.5, 0.6) is 0 Å². The molecule has 4 nitrogen and oxygen atoms in total. The Morgan fingerprint density at radius 3 is 2.88 bits per heavy atom. The number of aryl methyl sites for hydroxylation is 1. The molecule has 1 N–H and O–H groups in total. The number of hydrogen-bond acceptors (Lipinski definition) is 5. The summed E-state index contributed by atoms with van der Waals surface area (Å²) >= 11 is 8.83. The Hall–Kier alpha value is -0.920. The van der Waals surface area contributed by atoms with Gasteiger partial charge in [0.2, 0.25) is 0 Å². The topological polar surface area (TPSA) is 49.0 Å². The summed E-state index contributed by atoms with van der Waals surface area (Å²) in [5.74, 6) is 1.42. The summed E-state index contributed by atoms with van der Waals surface area (Å²) in [5, 5.41) is 0.849. The van der Waals surface area contributed by atoms with Crippen molar-refractivity contribution in [1.82, 2.24) is 14.9 Å². The van der Waals surface area contributed by atoms with E-state index in [0.29, 0.717) is 5.92 Å². The molecule has 0 amide bonds. The van der Waals surface area contributed by atoms with E-state index in [-0.39, 0.29) is 10.8 Å². The SMILES string of the molecule is CCN(CC)C(=S)S[C@@H](C)c1nc2sc3c(c2c(=O)[nH]1)CC[C@@H](C)C3. The van der Waals surface area contributed by atoms with Gasteiger partial charge in [-0.3, -0.25) is 4.79 Å². The Labute approximate surface area is 162 Å². The van der Waals surface area contributed by atoms with Crippen molar-refractivity contribution < 1.29 is 0 Å². The van der Waals surface area contributed by atoms with Gasteiger partial charge in [0.15, 0.2) is 0 Å². The van der Waals surface area contributed by atoms with E-state index in [4.69, 9.17) is 17.2 Å². The molecule has 1 aliphatic carbocycles. The van der Waals surface area contributed by atoms with Crippen LogP contribution in [0.15, 0.2) is 4.79 Å². The Morgan fingerprint density at radius 2 is 2.20 bits per heavy atom. The number of H-pyrrole nitrogens is 1. The number of hydrogen-bond donors (Lipinski definition) is 1. The highest BCUT2D eigenvalue weighted by Gasteiger charge is 2.24. The van der Waals surface area contributed by atoms with Gasteiger partial charge in [0.1, 0.15) is 15.0 Å². The maximum absolute atomic E-state index is 12.7. The lowest BCUT2D eigenvalue weighted by Crippen LogP contribution is -2.27. The standard InChI is InChI=1S/C18H25N3OS3/c1-5-21(6-2)18(23)24-11(4)15-19-16(22)14-12-8-7-10(3)9-13(12)25-17(14)20-15/h10-11H,5-9H2,1-4H3,(H,19,20,22)/t10-,11+/m1/s1. The minimum Gasteiger partial charge on any atom is -0.358 e. The van der Waals surface area contributed by atoms with Gasteiger partial charge < -0.3 is 9.88 Å². The van der Waals surface area contributed by atoms with Gasteiger partial charge in [-0.15, -0.1) is 11.3 Å². The third-order valence-corrected chi connectivity index (χ3v) is 7.60. The lowest BCUT2D eigenvalue weighted by Gasteiger charge is -2.22. The van der Waals surface area contributed by atoms with Crippen molar-refractivity contribution in [1.29, 1.82) is 0 Å². The zero-order valence-electron chi connectivity index (χ0n) is 15.2. The summed E-state index contributed by atoms with van der Waals surface area (Å²) in [6.45, 7) is 10.3. The van der Waals surface area contributed by atoms with E-state index in [2.05, 4.69) is 37.6 Å². The highest BCUT2D eigenvalue weighted by molar-refractivity contribution is 8.23. The fourth-order valence-electron chi connectivity index (χ4n) is 3.32. The first kappa shape index (κ1) is 18.9. The van der Waals surface area contributed by atoms with Crippen molar-refractivity contribution in [2.75, 3.05) is 13.1 Å². The predicted molar refractivity (Wildman–Crippen MR) is 113 cm³/mol. The van der Waals surface area contributed by atoms with E-state index in [1.807, 2.05) is 0 Å². The number of thiocarbonyl (C=S) groups is 1. The largest absolute Gasteiger partial charge is 0.358 e. The molecular formula is C18H25N3OS3. The molecule has 7 heteroatoms. The molecule has 0 aliphatic heterocycles. The molecule has 0 radical (unpaired) electrons. The van der Waals surface area contributed by atoms with Crippen molar-refractivity contribution in [3.8, 4) is 0 Å². The molecule has 0 saturated heterocycles. The Kier molecular flexibility index (Phi) is 5.85. The minimum atomic E-state index is 0.00765. The van der Waals surface area contributed by atoms with Gasteiger partial charge in [0.05, 0.1) is 10.6 Å². The van der Waals surface area contributed by atoms with Crippen molar-refractivity contribution in [3.05, 3.63) is 26.6 Å². The summed E-state index contributed by atoms with van der Waals surface area (Å²) in [6, 6.07) is 0. The van der Waals surface area contributed by atoms with Crippen LogP contribution in [0.1, 0.15) is 55.6 Å². The molecule has 3 rings (SSSR count). The van der Waals surface area contributed by atoms with Crippen LogP contribution >= 0.6 is 35.3 Å². The minimum absolute atomic E-state index is 0.00765. The molecule has 136 valence electrons. The number of nitrogens with one attached hydrogen (secondary N) is 1. The average molecular weight is 396 g/mol. The normalized spacial score (nSPS) is 18.2. The number of aromatic amines is 1. The first-order valence-corrected chi connectivity index (χ1v) is 11.0. The summed E-state index contributed by atoms with van der Waals surface area (Å²) in [5.41, 5.74) is 1.24.